The molecule has 27 heavy (non-hydrogen) atoms. The number of hydrogen-bond acceptors (Lipinski definition) is 5. The molecule has 1 aromatic heterocycles. The van der Waals surface area contributed by atoms with Crippen molar-refractivity contribution in [2.24, 2.45) is 0 Å². The summed E-state index contributed by atoms with van der Waals surface area (Å²) >= 11 is 7.24. The maximum absolute atomic E-state index is 12.5. The molecule has 0 aliphatic heterocycles. The van der Waals surface area contributed by atoms with Crippen LogP contribution in [-0.4, -0.2) is 26.3 Å². The first-order valence-electron chi connectivity index (χ1n) is 8.33. The number of thioether (sulfide) groups is 1. The van der Waals surface area contributed by atoms with Crippen molar-refractivity contribution in [2.45, 2.75) is 23.8 Å². The molecule has 0 aliphatic rings. The lowest BCUT2D eigenvalue weighted by atomic mass is 10.2. The summed E-state index contributed by atoms with van der Waals surface area (Å²) in [5, 5.41) is 11.2. The molecule has 0 aliphatic carbocycles. The smallest absolute Gasteiger partial charge is 0.278 e. The van der Waals surface area contributed by atoms with E-state index < -0.39 is 5.25 Å². The molecular weight excluding hydrogens is 384 g/mol. The first-order chi connectivity index (χ1) is 13.1. The number of carbonyl (C=O) groups is 1. The third kappa shape index (κ3) is 4.75. The van der Waals surface area contributed by atoms with Crippen LogP contribution in [0, 0.1) is 0 Å². The number of hydrogen-bond donors (Lipinski definition) is 2. The van der Waals surface area contributed by atoms with Crippen LogP contribution in [0.2, 0.25) is 5.02 Å². The molecule has 138 valence electrons. The van der Waals surface area contributed by atoms with Gasteiger partial charge in [-0.05, 0) is 18.6 Å². The molecule has 0 bridgehead atoms. The van der Waals surface area contributed by atoms with Crippen LogP contribution in [0.15, 0.2) is 64.5 Å². The van der Waals surface area contributed by atoms with E-state index in [9.17, 15) is 9.59 Å². The van der Waals surface area contributed by atoms with Gasteiger partial charge in [0, 0.05) is 5.56 Å². The van der Waals surface area contributed by atoms with Crippen LogP contribution >= 0.6 is 23.4 Å². The molecule has 0 saturated heterocycles. The van der Waals surface area contributed by atoms with Crippen LogP contribution < -0.4 is 10.9 Å². The molecule has 3 rings (SSSR count). The summed E-state index contributed by atoms with van der Waals surface area (Å²) in [6.45, 7) is 1.88. The SMILES string of the molecule is CCC(Sc1nnc(-c2ccccc2)c(=O)[nH]1)C(=O)Nc1ccccc1Cl. The van der Waals surface area contributed by atoms with Gasteiger partial charge in [-0.15, -0.1) is 10.2 Å². The van der Waals surface area contributed by atoms with E-state index in [1.165, 1.54) is 0 Å². The summed E-state index contributed by atoms with van der Waals surface area (Å²) in [4.78, 5) is 27.6. The molecule has 1 heterocycles. The lowest BCUT2D eigenvalue weighted by Gasteiger charge is -2.14. The van der Waals surface area contributed by atoms with Crippen molar-refractivity contribution in [3.05, 3.63) is 70.0 Å². The average molecular weight is 401 g/mol. The number of aromatic nitrogens is 3. The van der Waals surface area contributed by atoms with Crippen molar-refractivity contribution in [1.29, 1.82) is 0 Å². The Hall–Kier alpha value is -2.64. The Balaban J connectivity index is 1.75. The first kappa shape index (κ1) is 19.1. The highest BCUT2D eigenvalue weighted by molar-refractivity contribution is 8.00. The summed E-state index contributed by atoms with van der Waals surface area (Å²) < 4.78 is 0. The Kier molecular flexibility index (Phi) is 6.26. The van der Waals surface area contributed by atoms with Crippen molar-refractivity contribution in [3.63, 3.8) is 0 Å². The van der Waals surface area contributed by atoms with E-state index in [1.807, 2.05) is 25.1 Å². The lowest BCUT2D eigenvalue weighted by molar-refractivity contribution is -0.115. The van der Waals surface area contributed by atoms with E-state index in [4.69, 9.17) is 11.6 Å². The second-order valence-corrected chi connectivity index (χ2v) is 7.26. The number of rotatable bonds is 6. The normalized spacial score (nSPS) is 11.8. The minimum atomic E-state index is -0.450. The van der Waals surface area contributed by atoms with Gasteiger partial charge < -0.3 is 5.32 Å². The molecule has 0 spiro atoms. The van der Waals surface area contributed by atoms with Gasteiger partial charge in [0.1, 0.15) is 0 Å². The van der Waals surface area contributed by atoms with Gasteiger partial charge in [0.15, 0.2) is 10.9 Å². The van der Waals surface area contributed by atoms with Crippen molar-refractivity contribution >= 4 is 35.0 Å². The highest BCUT2D eigenvalue weighted by Crippen LogP contribution is 2.25. The topological polar surface area (TPSA) is 87.7 Å². The van der Waals surface area contributed by atoms with E-state index in [1.54, 1.807) is 36.4 Å². The quantitative estimate of drug-likeness (QED) is 0.611. The largest absolute Gasteiger partial charge is 0.324 e. The van der Waals surface area contributed by atoms with Crippen LogP contribution in [0.25, 0.3) is 11.3 Å². The monoisotopic (exact) mass is 400 g/mol. The minimum absolute atomic E-state index is 0.217. The standard InChI is InChI=1S/C19H17ClN4O2S/c1-2-15(17(25)21-14-11-7-6-10-13(14)20)27-19-22-18(26)16(23-24-19)12-8-4-3-5-9-12/h3-11,15H,2H2,1H3,(H,21,25)(H,22,24,26). The molecule has 2 N–H and O–H groups in total. The number of para-hydroxylation sites is 1. The fourth-order valence-corrected chi connectivity index (χ4v) is 3.42. The van der Waals surface area contributed by atoms with Crippen LogP contribution in [0.5, 0.6) is 0 Å². The Bertz CT molecular complexity index is 994. The van der Waals surface area contributed by atoms with Gasteiger partial charge in [-0.3, -0.25) is 14.6 Å². The predicted molar refractivity (Wildman–Crippen MR) is 108 cm³/mol. The maximum Gasteiger partial charge on any atom is 0.278 e. The third-order valence-electron chi connectivity index (χ3n) is 3.77. The fourth-order valence-electron chi connectivity index (χ4n) is 2.39. The van der Waals surface area contributed by atoms with Crippen molar-refractivity contribution in [3.8, 4) is 11.3 Å². The summed E-state index contributed by atoms with van der Waals surface area (Å²) in [7, 11) is 0. The van der Waals surface area contributed by atoms with E-state index in [0.29, 0.717) is 27.9 Å². The van der Waals surface area contributed by atoms with Crippen LogP contribution in [0.3, 0.4) is 0 Å². The molecule has 1 amide bonds. The molecule has 1 unspecified atom stereocenters. The number of nitrogens with zero attached hydrogens (tertiary/aromatic N) is 2. The molecule has 2 aromatic carbocycles. The summed E-state index contributed by atoms with van der Waals surface area (Å²) in [6, 6.07) is 16.1. The zero-order valence-electron chi connectivity index (χ0n) is 14.5. The fraction of sp³-hybridized carbons (Fsp3) is 0.158. The second kappa shape index (κ2) is 8.83. The van der Waals surface area contributed by atoms with Gasteiger partial charge in [0.25, 0.3) is 5.56 Å². The highest BCUT2D eigenvalue weighted by atomic mass is 35.5. The minimum Gasteiger partial charge on any atom is -0.324 e. The maximum atomic E-state index is 12.5. The zero-order valence-corrected chi connectivity index (χ0v) is 16.1. The molecule has 0 fully saturated rings. The second-order valence-electron chi connectivity index (χ2n) is 5.66. The number of carbonyl (C=O) groups excluding carboxylic acids is 1. The first-order valence-corrected chi connectivity index (χ1v) is 9.58. The number of halogens is 1. The molecule has 0 saturated carbocycles. The van der Waals surface area contributed by atoms with Gasteiger partial charge >= 0.3 is 0 Å². The summed E-state index contributed by atoms with van der Waals surface area (Å²) in [5.74, 6) is -0.217. The zero-order chi connectivity index (χ0) is 19.2. The Morgan fingerprint density at radius 2 is 1.85 bits per heavy atom. The number of aromatic amines is 1. The van der Waals surface area contributed by atoms with E-state index in [2.05, 4.69) is 20.5 Å². The molecule has 1 atom stereocenters. The van der Waals surface area contributed by atoms with Crippen molar-refractivity contribution < 1.29 is 4.79 Å². The number of H-pyrrole nitrogens is 1. The molecule has 0 radical (unpaired) electrons. The van der Waals surface area contributed by atoms with Crippen LogP contribution in [0.1, 0.15) is 13.3 Å². The van der Waals surface area contributed by atoms with Gasteiger partial charge in [-0.25, -0.2) is 0 Å². The molecular formula is C19H17ClN4O2S. The average Bonchev–Trinajstić information content (AvgIpc) is 2.68. The Morgan fingerprint density at radius 1 is 1.15 bits per heavy atom. The Labute approximate surface area is 165 Å². The summed E-state index contributed by atoms with van der Waals surface area (Å²) in [5.41, 5.74) is 1.13. The number of anilines is 1. The van der Waals surface area contributed by atoms with Gasteiger partial charge in [-0.2, -0.15) is 0 Å². The molecule has 8 heteroatoms. The Morgan fingerprint density at radius 3 is 2.52 bits per heavy atom. The number of nitrogens with one attached hydrogen (secondary N) is 2. The summed E-state index contributed by atoms with van der Waals surface area (Å²) in [6.07, 6.45) is 0.547. The lowest BCUT2D eigenvalue weighted by Crippen LogP contribution is -2.25. The van der Waals surface area contributed by atoms with E-state index >= 15 is 0 Å². The van der Waals surface area contributed by atoms with Gasteiger partial charge in [0.2, 0.25) is 5.91 Å². The van der Waals surface area contributed by atoms with Gasteiger partial charge in [0.05, 0.1) is 16.0 Å². The third-order valence-corrected chi connectivity index (χ3v) is 5.34. The van der Waals surface area contributed by atoms with Gasteiger partial charge in [-0.1, -0.05) is 72.8 Å². The molecule has 3 aromatic rings. The van der Waals surface area contributed by atoms with Crippen LogP contribution in [-0.2, 0) is 4.79 Å². The van der Waals surface area contributed by atoms with E-state index in [0.717, 1.165) is 11.8 Å². The highest BCUT2D eigenvalue weighted by Gasteiger charge is 2.21. The number of benzene rings is 2. The van der Waals surface area contributed by atoms with Crippen LogP contribution in [0.4, 0.5) is 5.69 Å². The predicted octanol–water partition coefficient (Wildman–Crippen LogP) is 3.99. The van der Waals surface area contributed by atoms with E-state index in [-0.39, 0.29) is 17.2 Å². The number of amides is 1. The van der Waals surface area contributed by atoms with Crippen molar-refractivity contribution in [1.82, 2.24) is 15.2 Å². The van der Waals surface area contributed by atoms with Crippen molar-refractivity contribution in [2.75, 3.05) is 5.32 Å². The molecule has 6 nitrogen and oxygen atoms in total.